The van der Waals surface area contributed by atoms with Crippen LogP contribution < -0.4 is 5.32 Å². The number of thiocarbonyl (C=S) groups is 1. The van der Waals surface area contributed by atoms with Gasteiger partial charge in [0.1, 0.15) is 4.32 Å². The van der Waals surface area contributed by atoms with Crippen LogP contribution in [-0.2, 0) is 9.47 Å². The highest BCUT2D eigenvalue weighted by Gasteiger charge is 2.61. The van der Waals surface area contributed by atoms with E-state index in [1.165, 1.54) is 0 Å². The van der Waals surface area contributed by atoms with Crippen molar-refractivity contribution in [1.29, 1.82) is 0 Å². The standard InChI is InChI=1S/C7H11NO3S2/c9-7(2-4-11-7)6(1-3-10-6)8-5(12)13/h9H,1-4H2,(H2,8,12,13)/t6?,7-/m0/s1. The molecule has 0 aromatic rings. The van der Waals surface area contributed by atoms with Crippen LogP contribution in [0.4, 0.5) is 0 Å². The minimum absolute atomic E-state index is 0.309. The van der Waals surface area contributed by atoms with Crippen LogP contribution in [0.5, 0.6) is 0 Å². The van der Waals surface area contributed by atoms with Gasteiger partial charge in [0.25, 0.3) is 0 Å². The zero-order valence-corrected chi connectivity index (χ0v) is 8.66. The van der Waals surface area contributed by atoms with Gasteiger partial charge in [0.2, 0.25) is 5.79 Å². The highest BCUT2D eigenvalue weighted by atomic mass is 32.1. The van der Waals surface area contributed by atoms with E-state index in [2.05, 4.69) is 17.9 Å². The summed E-state index contributed by atoms with van der Waals surface area (Å²) < 4.78 is 10.7. The lowest BCUT2D eigenvalue weighted by atomic mass is 9.89. The van der Waals surface area contributed by atoms with Gasteiger partial charge in [-0.1, -0.05) is 12.2 Å². The number of nitrogens with one attached hydrogen (secondary N) is 1. The van der Waals surface area contributed by atoms with Crippen LogP contribution in [-0.4, -0.2) is 34.2 Å². The Labute approximate surface area is 87.0 Å². The van der Waals surface area contributed by atoms with Crippen molar-refractivity contribution in [1.82, 2.24) is 5.32 Å². The average Bonchev–Trinajstić information content (AvgIpc) is 1.92. The van der Waals surface area contributed by atoms with Gasteiger partial charge in [0.15, 0.2) is 5.72 Å². The molecule has 2 fully saturated rings. The van der Waals surface area contributed by atoms with E-state index in [0.29, 0.717) is 30.4 Å². The molecule has 0 aliphatic carbocycles. The zero-order chi connectivity index (χ0) is 9.53. The summed E-state index contributed by atoms with van der Waals surface area (Å²) in [7, 11) is 0. The predicted octanol–water partition coefficient (Wildman–Crippen LogP) is 0.0162. The Bertz CT molecular complexity index is 238. The van der Waals surface area contributed by atoms with Crippen LogP contribution >= 0.6 is 24.8 Å². The lowest BCUT2D eigenvalue weighted by molar-refractivity contribution is -0.402. The Balaban J connectivity index is 2.10. The van der Waals surface area contributed by atoms with Crippen LogP contribution in [0.3, 0.4) is 0 Å². The molecule has 4 nitrogen and oxygen atoms in total. The van der Waals surface area contributed by atoms with Gasteiger partial charge in [-0.25, -0.2) is 0 Å². The van der Waals surface area contributed by atoms with Gasteiger partial charge in [-0.15, -0.1) is 12.6 Å². The van der Waals surface area contributed by atoms with Crippen molar-refractivity contribution in [3.8, 4) is 0 Å². The van der Waals surface area contributed by atoms with Crippen molar-refractivity contribution in [2.75, 3.05) is 13.2 Å². The summed E-state index contributed by atoms with van der Waals surface area (Å²) in [4.78, 5) is 0. The highest BCUT2D eigenvalue weighted by Crippen LogP contribution is 2.42. The lowest BCUT2D eigenvalue weighted by Crippen LogP contribution is -2.74. The van der Waals surface area contributed by atoms with Crippen molar-refractivity contribution in [2.24, 2.45) is 0 Å². The first-order valence-corrected chi connectivity index (χ1v) is 4.95. The molecular weight excluding hydrogens is 210 g/mol. The minimum atomic E-state index is -1.22. The third kappa shape index (κ3) is 1.37. The summed E-state index contributed by atoms with van der Waals surface area (Å²) >= 11 is 8.74. The van der Waals surface area contributed by atoms with E-state index in [1.54, 1.807) is 0 Å². The molecule has 0 aromatic heterocycles. The third-order valence-corrected chi connectivity index (χ3v) is 2.74. The summed E-state index contributed by atoms with van der Waals surface area (Å²) in [5.41, 5.74) is -0.857. The summed E-state index contributed by atoms with van der Waals surface area (Å²) in [5.74, 6) is -1.22. The molecule has 2 rings (SSSR count). The molecule has 0 radical (unpaired) electrons. The molecule has 0 bridgehead atoms. The second kappa shape index (κ2) is 3.06. The van der Waals surface area contributed by atoms with Gasteiger partial charge >= 0.3 is 0 Å². The zero-order valence-electron chi connectivity index (χ0n) is 6.95. The van der Waals surface area contributed by atoms with Crippen LogP contribution in [0.2, 0.25) is 0 Å². The molecule has 2 N–H and O–H groups in total. The molecule has 2 aliphatic heterocycles. The van der Waals surface area contributed by atoms with Crippen LogP contribution in [0.15, 0.2) is 0 Å². The summed E-state index contributed by atoms with van der Waals surface area (Å²) in [6.07, 6.45) is 1.25. The molecule has 6 heteroatoms. The largest absolute Gasteiger partial charge is 0.362 e. The van der Waals surface area contributed by atoms with E-state index in [-0.39, 0.29) is 0 Å². The van der Waals surface area contributed by atoms with Crippen molar-refractivity contribution in [3.05, 3.63) is 0 Å². The van der Waals surface area contributed by atoms with E-state index < -0.39 is 11.5 Å². The van der Waals surface area contributed by atoms with E-state index >= 15 is 0 Å². The fourth-order valence-electron chi connectivity index (χ4n) is 1.60. The number of aliphatic hydroxyl groups is 1. The van der Waals surface area contributed by atoms with Gasteiger partial charge in [-0.05, 0) is 0 Å². The smallest absolute Gasteiger partial charge is 0.217 e. The van der Waals surface area contributed by atoms with Crippen LogP contribution in [0, 0.1) is 0 Å². The SMILES string of the molecule is O[C@@]1(C2(NC(=S)S)CCO2)CCO1. The normalized spacial score (nSPS) is 43.2. The molecule has 2 saturated heterocycles. The van der Waals surface area contributed by atoms with E-state index in [1.807, 2.05) is 0 Å². The fraction of sp³-hybridized carbons (Fsp3) is 0.857. The van der Waals surface area contributed by atoms with Crippen LogP contribution in [0.1, 0.15) is 12.8 Å². The molecule has 2 atom stereocenters. The number of hydrogen-bond donors (Lipinski definition) is 3. The number of thiol groups is 1. The summed E-state index contributed by atoms with van der Waals surface area (Å²) in [5, 5.41) is 12.8. The molecule has 1 unspecified atom stereocenters. The van der Waals surface area contributed by atoms with Gasteiger partial charge in [-0.2, -0.15) is 0 Å². The molecule has 74 valence electrons. The first-order chi connectivity index (χ1) is 6.08. The van der Waals surface area contributed by atoms with Crippen molar-refractivity contribution >= 4 is 29.2 Å². The van der Waals surface area contributed by atoms with Gasteiger partial charge in [-0.3, -0.25) is 0 Å². The molecule has 0 spiro atoms. The Kier molecular flexibility index (Phi) is 2.28. The van der Waals surface area contributed by atoms with Crippen LogP contribution in [0.25, 0.3) is 0 Å². The van der Waals surface area contributed by atoms with E-state index in [9.17, 15) is 5.11 Å². The van der Waals surface area contributed by atoms with Crippen molar-refractivity contribution in [3.63, 3.8) is 0 Å². The predicted molar refractivity (Wildman–Crippen MR) is 53.5 cm³/mol. The molecule has 0 saturated carbocycles. The van der Waals surface area contributed by atoms with Crippen molar-refractivity contribution < 1.29 is 14.6 Å². The van der Waals surface area contributed by atoms with Gasteiger partial charge < -0.3 is 19.9 Å². The van der Waals surface area contributed by atoms with E-state index in [0.717, 1.165) is 0 Å². The first-order valence-electron chi connectivity index (χ1n) is 4.09. The quantitative estimate of drug-likeness (QED) is 0.453. The lowest BCUT2D eigenvalue weighted by Gasteiger charge is -2.55. The maximum atomic E-state index is 9.93. The Morgan fingerprint density at radius 1 is 1.38 bits per heavy atom. The maximum absolute atomic E-state index is 9.93. The Morgan fingerprint density at radius 2 is 1.92 bits per heavy atom. The Morgan fingerprint density at radius 3 is 2.15 bits per heavy atom. The van der Waals surface area contributed by atoms with Crippen molar-refractivity contribution in [2.45, 2.75) is 24.4 Å². The molecule has 13 heavy (non-hydrogen) atoms. The number of hydrogen-bond acceptors (Lipinski definition) is 4. The van der Waals surface area contributed by atoms with E-state index in [4.69, 9.17) is 21.7 Å². The second-order valence-electron chi connectivity index (χ2n) is 3.24. The first kappa shape index (κ1) is 9.67. The average molecular weight is 221 g/mol. The second-order valence-corrected chi connectivity index (χ2v) is 4.40. The summed E-state index contributed by atoms with van der Waals surface area (Å²) in [6, 6.07) is 0. The van der Waals surface area contributed by atoms with Gasteiger partial charge in [0.05, 0.1) is 13.2 Å². The highest BCUT2D eigenvalue weighted by molar-refractivity contribution is 8.11. The Hall–Kier alpha value is 0.120. The molecule has 2 aliphatic rings. The fourth-order valence-corrected chi connectivity index (χ4v) is 1.94. The minimum Gasteiger partial charge on any atom is -0.362 e. The molecule has 2 heterocycles. The molecular formula is C7H11NO3S2. The molecule has 0 aromatic carbocycles. The monoisotopic (exact) mass is 221 g/mol. The maximum Gasteiger partial charge on any atom is 0.217 e. The third-order valence-electron chi connectivity index (χ3n) is 2.52. The molecule has 0 amide bonds. The number of ether oxygens (including phenoxy) is 2. The van der Waals surface area contributed by atoms with Gasteiger partial charge in [0, 0.05) is 12.8 Å². The summed E-state index contributed by atoms with van der Waals surface area (Å²) in [6.45, 7) is 1.16. The topological polar surface area (TPSA) is 50.7 Å². The number of rotatable bonds is 2.